The van der Waals surface area contributed by atoms with Crippen molar-refractivity contribution in [1.82, 2.24) is 24.4 Å². The number of sulfonamides is 1. The van der Waals surface area contributed by atoms with E-state index >= 15 is 0 Å². The van der Waals surface area contributed by atoms with Crippen LogP contribution in [0.4, 0.5) is 0 Å². The number of amides is 1. The van der Waals surface area contributed by atoms with Crippen LogP contribution in [0.2, 0.25) is 0 Å². The van der Waals surface area contributed by atoms with Crippen molar-refractivity contribution in [3.63, 3.8) is 0 Å². The van der Waals surface area contributed by atoms with Gasteiger partial charge in [0.05, 0.1) is 30.9 Å². The van der Waals surface area contributed by atoms with Crippen molar-refractivity contribution in [1.29, 1.82) is 0 Å². The van der Waals surface area contributed by atoms with Crippen LogP contribution in [0.1, 0.15) is 35.3 Å². The van der Waals surface area contributed by atoms with Gasteiger partial charge in [0.15, 0.2) is 5.69 Å². The predicted octanol–water partition coefficient (Wildman–Crippen LogP) is 2.62. The summed E-state index contributed by atoms with van der Waals surface area (Å²) in [7, 11) is -1.72. The summed E-state index contributed by atoms with van der Waals surface area (Å²) in [6.07, 6.45) is 5.93. The van der Waals surface area contributed by atoms with Gasteiger partial charge in [-0.2, -0.15) is 5.10 Å². The first kappa shape index (κ1) is 22.9. The van der Waals surface area contributed by atoms with E-state index in [-0.39, 0.29) is 12.5 Å². The highest BCUT2D eigenvalue weighted by atomic mass is 32.2. The summed E-state index contributed by atoms with van der Waals surface area (Å²) in [5.41, 5.74) is 3.49. The summed E-state index contributed by atoms with van der Waals surface area (Å²) in [6.45, 7) is 1.69. The van der Waals surface area contributed by atoms with E-state index in [9.17, 15) is 13.2 Å². The Balaban J connectivity index is 1.68. The zero-order valence-corrected chi connectivity index (χ0v) is 19.5. The van der Waals surface area contributed by atoms with Gasteiger partial charge >= 0.3 is 0 Å². The minimum Gasteiger partial charge on any atom is -0.481 e. The number of likely N-dealkylation sites (tertiary alicyclic amines) is 1. The van der Waals surface area contributed by atoms with E-state index in [4.69, 9.17) is 4.74 Å². The van der Waals surface area contributed by atoms with Crippen LogP contribution in [0.3, 0.4) is 0 Å². The number of aromatic nitrogens is 3. The molecular formula is C23H27N5O4S. The van der Waals surface area contributed by atoms with Crippen LogP contribution in [0.25, 0.3) is 16.9 Å². The Bertz CT molecular complexity index is 1210. The van der Waals surface area contributed by atoms with Crippen molar-refractivity contribution >= 4 is 15.9 Å². The molecule has 0 unspecified atom stereocenters. The molecule has 1 aromatic carbocycles. The molecule has 0 radical (unpaired) electrons. The normalized spacial score (nSPS) is 14.3. The molecule has 0 saturated carbocycles. The van der Waals surface area contributed by atoms with Gasteiger partial charge in [0.25, 0.3) is 5.91 Å². The standard InChI is InChI=1S/C23H27N5O4S/c1-32-22-11-10-19(16-24-22)28-21(14-20(26-28)23(29)27-12-4-3-5-13-27)18-8-6-17(7-9-18)15-25-33(2,30)31/h6-11,14,16,25H,3-5,12-13,15H2,1-2H3. The molecule has 1 saturated heterocycles. The third-order valence-corrected chi connectivity index (χ3v) is 6.20. The fraction of sp³-hybridized carbons (Fsp3) is 0.348. The average molecular weight is 470 g/mol. The first-order chi connectivity index (χ1) is 15.8. The van der Waals surface area contributed by atoms with Crippen LogP contribution in [-0.2, 0) is 16.6 Å². The number of ether oxygens (including phenoxy) is 1. The van der Waals surface area contributed by atoms with E-state index in [1.807, 2.05) is 35.2 Å². The van der Waals surface area contributed by atoms with Crippen molar-refractivity contribution in [3.05, 3.63) is 59.9 Å². The van der Waals surface area contributed by atoms with Gasteiger partial charge in [-0.05, 0) is 37.0 Å². The third-order valence-electron chi connectivity index (χ3n) is 5.53. The first-order valence-corrected chi connectivity index (χ1v) is 12.7. The molecule has 174 valence electrons. The minimum atomic E-state index is -3.27. The van der Waals surface area contributed by atoms with E-state index in [0.717, 1.165) is 55.4 Å². The zero-order chi connectivity index (χ0) is 23.4. The summed E-state index contributed by atoms with van der Waals surface area (Å²) in [5.74, 6) is 0.407. The molecule has 1 aliphatic heterocycles. The molecule has 1 N–H and O–H groups in total. The van der Waals surface area contributed by atoms with Crippen molar-refractivity contribution in [2.24, 2.45) is 0 Å². The quantitative estimate of drug-likeness (QED) is 0.570. The zero-order valence-electron chi connectivity index (χ0n) is 18.7. The lowest BCUT2D eigenvalue weighted by Crippen LogP contribution is -2.35. The largest absolute Gasteiger partial charge is 0.481 e. The van der Waals surface area contributed by atoms with E-state index in [1.54, 1.807) is 30.1 Å². The fourth-order valence-electron chi connectivity index (χ4n) is 3.77. The molecule has 0 bridgehead atoms. The van der Waals surface area contributed by atoms with Crippen LogP contribution in [0, 0.1) is 0 Å². The molecule has 3 aromatic rings. The van der Waals surface area contributed by atoms with Crippen LogP contribution in [-0.4, -0.2) is 60.4 Å². The highest BCUT2D eigenvalue weighted by Crippen LogP contribution is 2.26. The number of piperidine rings is 1. The van der Waals surface area contributed by atoms with Gasteiger partial charge in [0.2, 0.25) is 15.9 Å². The summed E-state index contributed by atoms with van der Waals surface area (Å²) in [4.78, 5) is 19.2. The predicted molar refractivity (Wildman–Crippen MR) is 125 cm³/mol. The number of nitrogens with zero attached hydrogens (tertiary/aromatic N) is 4. The molecule has 0 atom stereocenters. The van der Waals surface area contributed by atoms with Crippen molar-refractivity contribution in [2.75, 3.05) is 26.5 Å². The summed E-state index contributed by atoms with van der Waals surface area (Å²) < 4.78 is 32.1. The number of methoxy groups -OCH3 is 1. The Kier molecular flexibility index (Phi) is 6.75. The van der Waals surface area contributed by atoms with Crippen LogP contribution in [0.5, 0.6) is 5.88 Å². The SMILES string of the molecule is COc1ccc(-n2nc(C(=O)N3CCCCC3)cc2-c2ccc(CNS(C)(=O)=O)cc2)cn1. The molecule has 2 aromatic heterocycles. The van der Waals surface area contributed by atoms with Gasteiger partial charge in [-0.15, -0.1) is 0 Å². The average Bonchev–Trinajstić information content (AvgIpc) is 3.28. The number of benzene rings is 1. The van der Waals surface area contributed by atoms with E-state index in [1.165, 1.54) is 0 Å². The summed E-state index contributed by atoms with van der Waals surface area (Å²) >= 11 is 0. The minimum absolute atomic E-state index is 0.0786. The van der Waals surface area contributed by atoms with Crippen LogP contribution < -0.4 is 9.46 Å². The number of hydrogen-bond acceptors (Lipinski definition) is 6. The molecule has 4 rings (SSSR count). The monoisotopic (exact) mass is 469 g/mol. The molecule has 10 heteroatoms. The highest BCUT2D eigenvalue weighted by molar-refractivity contribution is 7.88. The number of rotatable bonds is 7. The lowest BCUT2D eigenvalue weighted by molar-refractivity contribution is 0.0718. The molecule has 0 spiro atoms. The number of carbonyl (C=O) groups excluding carboxylic acids is 1. The molecule has 3 heterocycles. The fourth-order valence-corrected chi connectivity index (χ4v) is 4.20. The maximum atomic E-state index is 13.1. The van der Waals surface area contributed by atoms with Gasteiger partial charge in [-0.1, -0.05) is 24.3 Å². The Morgan fingerprint density at radius 3 is 2.42 bits per heavy atom. The summed E-state index contributed by atoms with van der Waals surface area (Å²) in [6, 6.07) is 12.9. The Labute approximate surface area is 193 Å². The third kappa shape index (κ3) is 5.58. The van der Waals surface area contributed by atoms with Gasteiger partial charge in [0, 0.05) is 31.3 Å². The van der Waals surface area contributed by atoms with E-state index < -0.39 is 10.0 Å². The van der Waals surface area contributed by atoms with Crippen molar-refractivity contribution in [2.45, 2.75) is 25.8 Å². The Morgan fingerprint density at radius 1 is 1.09 bits per heavy atom. The number of hydrogen-bond donors (Lipinski definition) is 1. The molecule has 9 nitrogen and oxygen atoms in total. The highest BCUT2D eigenvalue weighted by Gasteiger charge is 2.23. The van der Waals surface area contributed by atoms with Gasteiger partial charge in [-0.3, -0.25) is 4.79 Å². The van der Waals surface area contributed by atoms with Gasteiger partial charge < -0.3 is 9.64 Å². The van der Waals surface area contributed by atoms with Gasteiger partial charge in [0.1, 0.15) is 0 Å². The lowest BCUT2D eigenvalue weighted by atomic mass is 10.1. The molecule has 1 fully saturated rings. The van der Waals surface area contributed by atoms with E-state index in [0.29, 0.717) is 17.3 Å². The maximum Gasteiger partial charge on any atom is 0.274 e. The van der Waals surface area contributed by atoms with Crippen molar-refractivity contribution < 1.29 is 17.9 Å². The molecule has 0 aliphatic carbocycles. The molecule has 1 amide bonds. The lowest BCUT2D eigenvalue weighted by Gasteiger charge is -2.25. The van der Waals surface area contributed by atoms with Crippen LogP contribution >= 0.6 is 0 Å². The number of pyridine rings is 1. The number of nitrogens with one attached hydrogen (secondary N) is 1. The maximum absolute atomic E-state index is 13.1. The van der Waals surface area contributed by atoms with Crippen LogP contribution in [0.15, 0.2) is 48.7 Å². The first-order valence-electron chi connectivity index (χ1n) is 10.8. The van der Waals surface area contributed by atoms with Gasteiger partial charge in [-0.25, -0.2) is 22.8 Å². The Hall–Kier alpha value is -3.24. The topological polar surface area (TPSA) is 106 Å². The second-order valence-corrected chi connectivity index (χ2v) is 9.86. The smallest absolute Gasteiger partial charge is 0.274 e. The van der Waals surface area contributed by atoms with E-state index in [2.05, 4.69) is 14.8 Å². The summed E-state index contributed by atoms with van der Waals surface area (Å²) in [5, 5.41) is 4.63. The molecule has 33 heavy (non-hydrogen) atoms. The second kappa shape index (κ2) is 9.72. The number of carbonyl (C=O) groups is 1. The van der Waals surface area contributed by atoms with Crippen molar-refractivity contribution in [3.8, 4) is 22.8 Å². The second-order valence-electron chi connectivity index (χ2n) is 8.03. The molecule has 1 aliphatic rings. The Morgan fingerprint density at radius 2 is 1.82 bits per heavy atom. The molecular weight excluding hydrogens is 442 g/mol.